The third-order valence-electron chi connectivity index (χ3n) is 13.8. The fourth-order valence-corrected chi connectivity index (χ4v) is 11.5. The molecule has 0 heterocycles. The SMILES string of the molecule is Clc1ccc(-c2ccc3c(c2)C(c2ccccc2)(c2ccccc2)c2cc(-c4ccc(-c5ccc6c(c5)C(c5ccccc5)(c5ccccc5)c5cc(Br)ccc5-6)cc4)ccc2-3)cc1. The van der Waals surface area contributed by atoms with E-state index in [4.69, 9.17) is 11.6 Å². The molecule has 0 spiro atoms. The highest BCUT2D eigenvalue weighted by Gasteiger charge is 2.48. The first-order valence-corrected chi connectivity index (χ1v) is 23.0. The number of benzene rings is 10. The summed E-state index contributed by atoms with van der Waals surface area (Å²) in [5.41, 5.74) is 21.3. The van der Waals surface area contributed by atoms with Crippen LogP contribution in [0.3, 0.4) is 0 Å². The maximum absolute atomic E-state index is 6.36. The van der Waals surface area contributed by atoms with Crippen molar-refractivity contribution in [2.24, 2.45) is 0 Å². The molecule has 64 heavy (non-hydrogen) atoms. The molecule has 0 atom stereocenters. The minimum atomic E-state index is -0.535. The monoisotopic (exact) mass is 898 g/mol. The minimum absolute atomic E-state index is 0.478. The first-order chi connectivity index (χ1) is 31.5. The first-order valence-electron chi connectivity index (χ1n) is 21.9. The highest BCUT2D eigenvalue weighted by Crippen LogP contribution is 2.59. The average molecular weight is 900 g/mol. The first kappa shape index (κ1) is 38.6. The van der Waals surface area contributed by atoms with Crippen LogP contribution in [-0.2, 0) is 10.8 Å². The van der Waals surface area contributed by atoms with Gasteiger partial charge in [0.2, 0.25) is 0 Å². The molecule has 0 nitrogen and oxygen atoms in total. The van der Waals surface area contributed by atoms with Crippen molar-refractivity contribution in [3.63, 3.8) is 0 Å². The third kappa shape index (κ3) is 5.88. The van der Waals surface area contributed by atoms with Gasteiger partial charge < -0.3 is 0 Å². The van der Waals surface area contributed by atoms with E-state index >= 15 is 0 Å². The quantitative estimate of drug-likeness (QED) is 0.150. The lowest BCUT2D eigenvalue weighted by atomic mass is 9.67. The van der Waals surface area contributed by atoms with E-state index in [1.807, 2.05) is 12.1 Å². The van der Waals surface area contributed by atoms with Crippen LogP contribution < -0.4 is 0 Å². The van der Waals surface area contributed by atoms with Gasteiger partial charge in [-0.3, -0.25) is 0 Å². The van der Waals surface area contributed by atoms with E-state index in [0.717, 1.165) is 15.1 Å². The Morgan fingerprint density at radius 3 is 0.859 bits per heavy atom. The summed E-state index contributed by atoms with van der Waals surface area (Å²) in [5.74, 6) is 0. The van der Waals surface area contributed by atoms with Gasteiger partial charge in [-0.1, -0.05) is 228 Å². The van der Waals surface area contributed by atoms with Crippen LogP contribution >= 0.6 is 27.5 Å². The Kier molecular flexibility index (Phi) is 9.26. The molecular weight excluding hydrogens is 860 g/mol. The lowest BCUT2D eigenvalue weighted by molar-refractivity contribution is 0.768. The van der Waals surface area contributed by atoms with Crippen molar-refractivity contribution in [1.82, 2.24) is 0 Å². The normalized spacial score (nSPS) is 13.7. The van der Waals surface area contributed by atoms with E-state index in [9.17, 15) is 0 Å². The zero-order chi connectivity index (χ0) is 42.8. The van der Waals surface area contributed by atoms with Gasteiger partial charge >= 0.3 is 0 Å². The van der Waals surface area contributed by atoms with Gasteiger partial charge in [-0.05, 0) is 143 Å². The molecule has 0 fully saturated rings. The summed E-state index contributed by atoms with van der Waals surface area (Å²) >= 11 is 10.2. The molecule has 302 valence electrons. The summed E-state index contributed by atoms with van der Waals surface area (Å²) < 4.78 is 1.08. The van der Waals surface area contributed by atoms with Crippen LogP contribution in [0.2, 0.25) is 5.02 Å². The molecule has 0 saturated carbocycles. The Morgan fingerprint density at radius 1 is 0.266 bits per heavy atom. The molecule has 10 aromatic carbocycles. The standard InChI is InChI=1S/C62H40BrCl/c63-51-30-36-56-55-35-28-45(38-59(55)62(60(56)40-51,49-17-9-3-10-18-49)50-19-11-4-12-20-50)42-23-21-41(22-24-42)44-27-33-53-54-34-29-46(43-25-31-52(64)32-26-43)39-58(54)61(57(53)37-44,47-13-5-1-6-14-47)48-15-7-2-8-16-48/h1-40H. The highest BCUT2D eigenvalue weighted by molar-refractivity contribution is 9.10. The lowest BCUT2D eigenvalue weighted by Crippen LogP contribution is -2.28. The molecular formula is C62H40BrCl. The Morgan fingerprint density at radius 2 is 0.531 bits per heavy atom. The molecule has 0 unspecified atom stereocenters. The van der Waals surface area contributed by atoms with Gasteiger partial charge in [0.15, 0.2) is 0 Å². The molecule has 12 rings (SSSR count). The van der Waals surface area contributed by atoms with Crippen LogP contribution in [0.15, 0.2) is 247 Å². The zero-order valence-corrected chi connectivity index (χ0v) is 37.2. The largest absolute Gasteiger partial charge is 0.0843 e. The van der Waals surface area contributed by atoms with Crippen molar-refractivity contribution in [2.45, 2.75) is 10.8 Å². The molecule has 0 bridgehead atoms. The summed E-state index contributed by atoms with van der Waals surface area (Å²) in [6, 6.07) is 89.4. The van der Waals surface area contributed by atoms with E-state index in [0.29, 0.717) is 0 Å². The van der Waals surface area contributed by atoms with Gasteiger partial charge in [0.05, 0.1) is 10.8 Å². The third-order valence-corrected chi connectivity index (χ3v) is 14.5. The number of halogens is 2. The summed E-state index contributed by atoms with van der Waals surface area (Å²) in [4.78, 5) is 0. The van der Waals surface area contributed by atoms with Crippen molar-refractivity contribution < 1.29 is 0 Å². The lowest BCUT2D eigenvalue weighted by Gasteiger charge is -2.34. The Bertz CT molecular complexity index is 3280. The van der Waals surface area contributed by atoms with Crippen molar-refractivity contribution in [3.8, 4) is 55.6 Å². The van der Waals surface area contributed by atoms with E-state index < -0.39 is 10.8 Å². The molecule has 10 aromatic rings. The van der Waals surface area contributed by atoms with Crippen molar-refractivity contribution in [3.05, 3.63) is 297 Å². The smallest absolute Gasteiger partial charge is 0.0714 e. The second kappa shape index (κ2) is 15.3. The maximum Gasteiger partial charge on any atom is 0.0714 e. The van der Waals surface area contributed by atoms with Gasteiger partial charge in [0.1, 0.15) is 0 Å². The van der Waals surface area contributed by atoms with Gasteiger partial charge in [-0.25, -0.2) is 0 Å². The number of fused-ring (bicyclic) bond motifs is 6. The minimum Gasteiger partial charge on any atom is -0.0843 e. The maximum atomic E-state index is 6.36. The molecule has 2 aliphatic rings. The van der Waals surface area contributed by atoms with Crippen LogP contribution in [0.4, 0.5) is 0 Å². The topological polar surface area (TPSA) is 0 Å². The van der Waals surface area contributed by atoms with Crippen LogP contribution in [0.5, 0.6) is 0 Å². The number of hydrogen-bond acceptors (Lipinski definition) is 0. The van der Waals surface area contributed by atoms with Gasteiger partial charge in [0.25, 0.3) is 0 Å². The Balaban J connectivity index is 0.993. The summed E-state index contributed by atoms with van der Waals surface area (Å²) in [7, 11) is 0. The second-order valence-corrected chi connectivity index (χ2v) is 18.4. The Hall–Kier alpha value is -7.03. The number of hydrogen-bond donors (Lipinski definition) is 0. The molecule has 0 N–H and O–H groups in total. The second-order valence-electron chi connectivity index (χ2n) is 17.0. The summed E-state index contributed by atoms with van der Waals surface area (Å²) in [5, 5.41) is 0.737. The molecule has 0 saturated heterocycles. The van der Waals surface area contributed by atoms with E-state index in [1.54, 1.807) is 0 Å². The predicted molar refractivity (Wildman–Crippen MR) is 270 cm³/mol. The van der Waals surface area contributed by atoms with Gasteiger partial charge in [-0.2, -0.15) is 0 Å². The van der Waals surface area contributed by atoms with E-state index in [-0.39, 0.29) is 0 Å². The van der Waals surface area contributed by atoms with Crippen LogP contribution in [0, 0.1) is 0 Å². The fraction of sp³-hybridized carbons (Fsp3) is 0.0323. The van der Waals surface area contributed by atoms with Crippen LogP contribution in [0.1, 0.15) is 44.5 Å². The predicted octanol–water partition coefficient (Wildman–Crippen LogP) is 16.8. The molecule has 0 radical (unpaired) electrons. The highest BCUT2D eigenvalue weighted by atomic mass is 79.9. The van der Waals surface area contributed by atoms with Crippen molar-refractivity contribution in [1.29, 1.82) is 0 Å². The van der Waals surface area contributed by atoms with Crippen LogP contribution in [-0.4, -0.2) is 0 Å². The zero-order valence-electron chi connectivity index (χ0n) is 34.8. The molecule has 0 aromatic heterocycles. The summed E-state index contributed by atoms with van der Waals surface area (Å²) in [6.07, 6.45) is 0. The van der Waals surface area contributed by atoms with E-state index in [2.05, 4.69) is 246 Å². The van der Waals surface area contributed by atoms with E-state index in [1.165, 1.54) is 94.6 Å². The molecule has 0 amide bonds. The van der Waals surface area contributed by atoms with Crippen molar-refractivity contribution in [2.75, 3.05) is 0 Å². The van der Waals surface area contributed by atoms with Gasteiger partial charge in [-0.15, -0.1) is 0 Å². The molecule has 2 aliphatic carbocycles. The number of rotatable bonds is 7. The van der Waals surface area contributed by atoms with Gasteiger partial charge in [0, 0.05) is 9.50 Å². The van der Waals surface area contributed by atoms with Crippen molar-refractivity contribution >= 4 is 27.5 Å². The molecule has 2 heteroatoms. The Labute approximate surface area is 388 Å². The fourth-order valence-electron chi connectivity index (χ4n) is 11.0. The van der Waals surface area contributed by atoms with Crippen LogP contribution in [0.25, 0.3) is 55.6 Å². The summed E-state index contributed by atoms with van der Waals surface area (Å²) in [6.45, 7) is 0. The molecule has 0 aliphatic heterocycles. The average Bonchev–Trinajstić information content (AvgIpc) is 3.82.